The molecular formula is C23H23N5O3S. The first-order valence-corrected chi connectivity index (χ1v) is 11.5. The van der Waals surface area contributed by atoms with E-state index in [4.69, 9.17) is 4.74 Å². The van der Waals surface area contributed by atoms with E-state index >= 15 is 0 Å². The maximum absolute atomic E-state index is 13.5. The van der Waals surface area contributed by atoms with Gasteiger partial charge in [0.15, 0.2) is 5.16 Å². The molecule has 4 aromatic rings. The van der Waals surface area contributed by atoms with Gasteiger partial charge in [-0.25, -0.2) is 4.57 Å². The van der Waals surface area contributed by atoms with Crippen LogP contribution in [0.3, 0.4) is 0 Å². The Morgan fingerprint density at radius 1 is 1.03 bits per heavy atom. The Hall–Kier alpha value is -3.17. The number of carbonyl (C=O) groups is 1. The molecule has 9 heteroatoms. The average molecular weight is 450 g/mol. The Morgan fingerprint density at radius 3 is 2.50 bits per heavy atom. The van der Waals surface area contributed by atoms with Gasteiger partial charge in [-0.1, -0.05) is 42.1 Å². The summed E-state index contributed by atoms with van der Waals surface area (Å²) in [5, 5.41) is 9.91. The van der Waals surface area contributed by atoms with Crippen LogP contribution in [-0.2, 0) is 9.53 Å². The maximum Gasteiger partial charge on any atom is 0.267 e. The lowest BCUT2D eigenvalue weighted by molar-refractivity contribution is -0.132. The summed E-state index contributed by atoms with van der Waals surface area (Å²) in [7, 11) is 0. The molecule has 0 bridgehead atoms. The van der Waals surface area contributed by atoms with Crippen molar-refractivity contribution in [2.75, 3.05) is 32.1 Å². The van der Waals surface area contributed by atoms with E-state index in [1.165, 1.54) is 11.8 Å². The Bertz CT molecular complexity index is 1370. The summed E-state index contributed by atoms with van der Waals surface area (Å²) in [6, 6.07) is 13.4. The molecule has 164 valence electrons. The quantitative estimate of drug-likeness (QED) is 0.446. The van der Waals surface area contributed by atoms with Crippen LogP contribution in [-0.4, -0.2) is 62.0 Å². The predicted octanol–water partition coefficient (Wildman–Crippen LogP) is 2.60. The largest absolute Gasteiger partial charge is 0.378 e. The van der Waals surface area contributed by atoms with Crippen molar-refractivity contribution in [3.05, 3.63) is 63.9 Å². The number of hydrogen-bond donors (Lipinski definition) is 0. The van der Waals surface area contributed by atoms with Gasteiger partial charge in [0, 0.05) is 13.1 Å². The van der Waals surface area contributed by atoms with E-state index in [0.29, 0.717) is 42.6 Å². The molecule has 8 nitrogen and oxygen atoms in total. The van der Waals surface area contributed by atoms with E-state index in [-0.39, 0.29) is 17.2 Å². The Kier molecular flexibility index (Phi) is 5.44. The van der Waals surface area contributed by atoms with Gasteiger partial charge >= 0.3 is 0 Å². The van der Waals surface area contributed by atoms with Crippen molar-refractivity contribution in [1.82, 2.24) is 24.1 Å². The molecule has 0 N–H and O–H groups in total. The van der Waals surface area contributed by atoms with Crippen molar-refractivity contribution in [3.8, 4) is 5.69 Å². The number of benzene rings is 2. The van der Waals surface area contributed by atoms with Crippen LogP contribution in [0.5, 0.6) is 0 Å². The number of amides is 1. The summed E-state index contributed by atoms with van der Waals surface area (Å²) < 4.78 is 8.84. The number of aromatic nitrogens is 4. The fraction of sp³-hybridized carbons (Fsp3) is 0.304. The highest BCUT2D eigenvalue weighted by Gasteiger charge is 2.22. The highest BCUT2D eigenvalue weighted by molar-refractivity contribution is 7.99. The fourth-order valence-electron chi connectivity index (χ4n) is 4.16. The minimum absolute atomic E-state index is 0.0439. The number of rotatable bonds is 4. The van der Waals surface area contributed by atoms with Crippen LogP contribution in [0.15, 0.2) is 52.4 Å². The monoisotopic (exact) mass is 449 g/mol. The van der Waals surface area contributed by atoms with Gasteiger partial charge in [-0.15, -0.1) is 10.2 Å². The molecule has 0 saturated carbocycles. The zero-order valence-corrected chi connectivity index (χ0v) is 18.8. The van der Waals surface area contributed by atoms with Crippen molar-refractivity contribution in [2.45, 2.75) is 19.0 Å². The number of morpholine rings is 1. The number of thioether (sulfide) groups is 1. The molecule has 1 amide bonds. The van der Waals surface area contributed by atoms with Gasteiger partial charge in [0.1, 0.15) is 0 Å². The summed E-state index contributed by atoms with van der Waals surface area (Å²) >= 11 is 1.33. The number of nitrogens with zero attached hydrogens (tertiary/aromatic N) is 5. The SMILES string of the molecule is Cc1cccc(C)c1-n1c(=O)c2ccccc2n2c(SCC(=O)N3CCOCC3)nnc12. The highest BCUT2D eigenvalue weighted by atomic mass is 32.2. The van der Waals surface area contributed by atoms with Gasteiger partial charge < -0.3 is 9.64 Å². The van der Waals surface area contributed by atoms with Gasteiger partial charge in [0.2, 0.25) is 11.7 Å². The van der Waals surface area contributed by atoms with Crippen molar-refractivity contribution in [1.29, 1.82) is 0 Å². The minimum Gasteiger partial charge on any atom is -0.378 e. The molecule has 0 spiro atoms. The lowest BCUT2D eigenvalue weighted by Crippen LogP contribution is -2.41. The van der Waals surface area contributed by atoms with Crippen LogP contribution in [0.2, 0.25) is 0 Å². The second-order valence-electron chi connectivity index (χ2n) is 7.80. The maximum atomic E-state index is 13.5. The molecule has 1 saturated heterocycles. The fourth-order valence-corrected chi connectivity index (χ4v) is 5.01. The molecule has 0 aliphatic carbocycles. The Labute approximate surface area is 188 Å². The Morgan fingerprint density at radius 2 is 1.75 bits per heavy atom. The molecule has 32 heavy (non-hydrogen) atoms. The topological polar surface area (TPSA) is 81.7 Å². The number of ether oxygens (including phenoxy) is 1. The van der Waals surface area contributed by atoms with E-state index in [1.807, 2.05) is 65.6 Å². The summed E-state index contributed by atoms with van der Waals surface area (Å²) in [5.74, 6) is 0.729. The van der Waals surface area contributed by atoms with Crippen LogP contribution < -0.4 is 5.56 Å². The third-order valence-electron chi connectivity index (χ3n) is 5.75. The van der Waals surface area contributed by atoms with Crippen molar-refractivity contribution >= 4 is 34.3 Å². The number of carbonyl (C=O) groups excluding carboxylic acids is 1. The number of fused-ring (bicyclic) bond motifs is 3. The van der Waals surface area contributed by atoms with Gasteiger partial charge in [-0.2, -0.15) is 0 Å². The van der Waals surface area contributed by atoms with Crippen molar-refractivity contribution < 1.29 is 9.53 Å². The lowest BCUT2D eigenvalue weighted by atomic mass is 10.1. The second-order valence-corrected chi connectivity index (χ2v) is 8.74. The number of aryl methyl sites for hydroxylation is 2. The number of hydrogen-bond acceptors (Lipinski definition) is 6. The first-order valence-electron chi connectivity index (χ1n) is 10.5. The molecule has 5 rings (SSSR count). The summed E-state index contributed by atoms with van der Waals surface area (Å²) in [6.07, 6.45) is 0. The highest BCUT2D eigenvalue weighted by Crippen LogP contribution is 2.25. The summed E-state index contributed by atoms with van der Waals surface area (Å²) in [4.78, 5) is 28.0. The molecule has 0 atom stereocenters. The Balaban J connectivity index is 1.65. The van der Waals surface area contributed by atoms with Crippen molar-refractivity contribution in [2.24, 2.45) is 0 Å². The molecular weight excluding hydrogens is 426 g/mol. The lowest BCUT2D eigenvalue weighted by Gasteiger charge is -2.26. The molecule has 0 unspecified atom stereocenters. The van der Waals surface area contributed by atoms with Crippen molar-refractivity contribution in [3.63, 3.8) is 0 Å². The molecule has 2 aromatic carbocycles. The number of para-hydroxylation sites is 2. The third-order valence-corrected chi connectivity index (χ3v) is 6.66. The van der Waals surface area contributed by atoms with E-state index in [0.717, 1.165) is 22.3 Å². The first kappa shape index (κ1) is 20.7. The molecule has 1 aliphatic heterocycles. The standard InChI is InChI=1S/C23H23N5O3S/c1-15-6-5-7-16(2)20(15)28-21(30)17-8-3-4-9-18(17)27-22(28)24-25-23(27)32-14-19(29)26-10-12-31-13-11-26/h3-9H,10-14H2,1-2H3. The van der Waals surface area contributed by atoms with Crippen LogP contribution in [0.25, 0.3) is 22.4 Å². The van der Waals surface area contributed by atoms with Crippen LogP contribution in [0.4, 0.5) is 0 Å². The predicted molar refractivity (Wildman–Crippen MR) is 124 cm³/mol. The van der Waals surface area contributed by atoms with Gasteiger partial charge in [0.05, 0.1) is 35.6 Å². The van der Waals surface area contributed by atoms with E-state index in [9.17, 15) is 9.59 Å². The normalized spacial score (nSPS) is 14.4. The molecule has 0 radical (unpaired) electrons. The smallest absolute Gasteiger partial charge is 0.267 e. The van der Waals surface area contributed by atoms with Gasteiger partial charge in [-0.3, -0.25) is 14.0 Å². The molecule has 3 heterocycles. The molecule has 1 fully saturated rings. The van der Waals surface area contributed by atoms with E-state index in [1.54, 1.807) is 4.57 Å². The van der Waals surface area contributed by atoms with E-state index < -0.39 is 0 Å². The summed E-state index contributed by atoms with van der Waals surface area (Å²) in [5.41, 5.74) is 3.34. The summed E-state index contributed by atoms with van der Waals surface area (Å²) in [6.45, 7) is 6.30. The second kappa shape index (κ2) is 8.40. The van der Waals surface area contributed by atoms with Crippen LogP contribution >= 0.6 is 11.8 Å². The average Bonchev–Trinajstić information content (AvgIpc) is 3.24. The molecule has 1 aliphatic rings. The van der Waals surface area contributed by atoms with Crippen LogP contribution in [0, 0.1) is 13.8 Å². The molecule has 2 aromatic heterocycles. The van der Waals surface area contributed by atoms with Crippen LogP contribution in [0.1, 0.15) is 11.1 Å². The zero-order valence-electron chi connectivity index (χ0n) is 17.9. The minimum atomic E-state index is -0.140. The van der Waals surface area contributed by atoms with Gasteiger partial charge in [0.25, 0.3) is 5.56 Å². The first-order chi connectivity index (χ1) is 15.6. The zero-order chi connectivity index (χ0) is 22.2. The third kappa shape index (κ3) is 3.47. The van der Waals surface area contributed by atoms with E-state index in [2.05, 4.69) is 10.2 Å². The van der Waals surface area contributed by atoms with Gasteiger partial charge in [-0.05, 0) is 37.1 Å².